The quantitative estimate of drug-likeness (QED) is 0.112. The Morgan fingerprint density at radius 3 is 0.868 bits per heavy atom. The molecule has 0 aliphatic carbocycles. The first-order valence-corrected chi connectivity index (χ1v) is 19.6. The van der Waals surface area contributed by atoms with Gasteiger partial charge in [-0.2, -0.15) is 0 Å². The molecular formula is C53H60. The Kier molecular flexibility index (Phi) is 17.4. The zero-order valence-corrected chi connectivity index (χ0v) is 33.1. The molecule has 6 aromatic carbocycles. The molecular weight excluding hydrogens is 637 g/mol. The third-order valence-corrected chi connectivity index (χ3v) is 9.54. The third-order valence-electron chi connectivity index (χ3n) is 9.54. The van der Waals surface area contributed by atoms with Gasteiger partial charge in [0.05, 0.1) is 0 Å². The maximum Gasteiger partial charge on any atom is -0.0184 e. The van der Waals surface area contributed by atoms with Crippen LogP contribution in [0.3, 0.4) is 0 Å². The molecule has 0 saturated carbocycles. The second kappa shape index (κ2) is 22.7. The van der Waals surface area contributed by atoms with E-state index in [1.165, 1.54) is 79.6 Å². The summed E-state index contributed by atoms with van der Waals surface area (Å²) in [4.78, 5) is 0. The predicted octanol–water partition coefficient (Wildman–Crippen LogP) is 15.2. The van der Waals surface area contributed by atoms with Crippen LogP contribution in [0, 0.1) is 13.8 Å². The maximum atomic E-state index is 2.24. The lowest BCUT2D eigenvalue weighted by Crippen LogP contribution is -1.85. The summed E-state index contributed by atoms with van der Waals surface area (Å²) in [5.74, 6) is 0. The summed E-state index contributed by atoms with van der Waals surface area (Å²) in [5, 5.41) is 0. The van der Waals surface area contributed by atoms with Gasteiger partial charge in [0.2, 0.25) is 0 Å². The molecule has 0 N–H and O–H groups in total. The number of rotatable bonds is 12. The maximum absolute atomic E-state index is 2.24. The Labute approximate surface area is 322 Å². The van der Waals surface area contributed by atoms with Crippen molar-refractivity contribution in [1.29, 1.82) is 0 Å². The molecule has 0 amide bonds. The highest BCUT2D eigenvalue weighted by Gasteiger charge is 2.00. The summed E-state index contributed by atoms with van der Waals surface area (Å²) < 4.78 is 0. The fourth-order valence-electron chi connectivity index (χ4n) is 6.14. The van der Waals surface area contributed by atoms with Crippen molar-refractivity contribution in [3.63, 3.8) is 0 Å². The Morgan fingerprint density at radius 2 is 0.604 bits per heavy atom. The van der Waals surface area contributed by atoms with Crippen molar-refractivity contribution in [3.05, 3.63) is 203 Å². The van der Waals surface area contributed by atoms with Crippen molar-refractivity contribution in [3.8, 4) is 33.4 Å². The van der Waals surface area contributed by atoms with Crippen molar-refractivity contribution in [2.45, 2.75) is 86.5 Å². The average molecular weight is 697 g/mol. The summed E-state index contributed by atoms with van der Waals surface area (Å²) in [7, 11) is 0. The van der Waals surface area contributed by atoms with E-state index in [2.05, 4.69) is 211 Å². The molecule has 0 atom stereocenters. The summed E-state index contributed by atoms with van der Waals surface area (Å²) >= 11 is 0. The highest BCUT2D eigenvalue weighted by atomic mass is 14.1. The Morgan fingerprint density at radius 1 is 0.340 bits per heavy atom. The number of hydrogen-bond acceptors (Lipinski definition) is 0. The van der Waals surface area contributed by atoms with E-state index in [0.29, 0.717) is 0 Å². The van der Waals surface area contributed by atoms with Gasteiger partial charge in [0.25, 0.3) is 0 Å². The monoisotopic (exact) mass is 696 g/mol. The van der Waals surface area contributed by atoms with Crippen LogP contribution in [0.5, 0.6) is 0 Å². The van der Waals surface area contributed by atoms with E-state index in [0.717, 1.165) is 32.1 Å². The Balaban J connectivity index is 0.000000178. The molecule has 0 nitrogen and oxygen atoms in total. The van der Waals surface area contributed by atoms with Crippen LogP contribution in [-0.4, -0.2) is 0 Å². The lowest BCUT2D eigenvalue weighted by Gasteiger charge is -2.05. The molecule has 272 valence electrons. The van der Waals surface area contributed by atoms with E-state index in [4.69, 9.17) is 0 Å². The summed E-state index contributed by atoms with van der Waals surface area (Å²) in [6.45, 7) is 12.8. The minimum absolute atomic E-state index is 1.10. The molecule has 0 heteroatoms. The number of allylic oxidation sites excluding steroid dienone is 4. The van der Waals surface area contributed by atoms with Gasteiger partial charge < -0.3 is 0 Å². The summed E-state index contributed by atoms with van der Waals surface area (Å²) in [5.41, 5.74) is 16.1. The molecule has 0 aliphatic rings. The first kappa shape index (κ1) is 40.6. The molecule has 0 spiro atoms. The Hall–Kier alpha value is -5.20. The highest BCUT2D eigenvalue weighted by Crippen LogP contribution is 2.23. The largest absolute Gasteiger partial charge is 0.0917 e. The molecule has 0 aromatic heterocycles. The van der Waals surface area contributed by atoms with Gasteiger partial charge in [-0.1, -0.05) is 201 Å². The summed E-state index contributed by atoms with van der Waals surface area (Å²) in [6, 6.07) is 53.0. The van der Waals surface area contributed by atoms with Crippen LogP contribution in [0.15, 0.2) is 170 Å². The lowest BCUT2D eigenvalue weighted by molar-refractivity contribution is 0.922. The van der Waals surface area contributed by atoms with Crippen molar-refractivity contribution in [2.24, 2.45) is 0 Å². The standard InChI is InChI=1S/C19H22.C18H20.C16H18/c1-3-5-6-7-17-10-14-19(15-11-17)18-12-8-16(4-2)9-13-18;1-3-4-5-6-16-9-13-18(14-10-16)17-11-7-15(2)8-12-17;1-3-4-14-7-11-16(12-8-14)15-9-5-13(2)6-10-15/h3,5,8-15H,4,6-7H2,1-2H3;3-4,7-14H,5-6H2,1-2H3;5-12H,3-4H2,1-2H3/b5-3+;4-3+;. The number of hydrogen-bond donors (Lipinski definition) is 0. The highest BCUT2D eigenvalue weighted by molar-refractivity contribution is 5.65. The van der Waals surface area contributed by atoms with Crippen molar-refractivity contribution in [2.75, 3.05) is 0 Å². The number of aryl methyl sites for hydroxylation is 6. The van der Waals surface area contributed by atoms with E-state index >= 15 is 0 Å². The van der Waals surface area contributed by atoms with Crippen LogP contribution >= 0.6 is 0 Å². The normalized spacial score (nSPS) is 10.8. The van der Waals surface area contributed by atoms with Gasteiger partial charge in [-0.25, -0.2) is 0 Å². The number of benzene rings is 6. The van der Waals surface area contributed by atoms with Gasteiger partial charge in [0, 0.05) is 0 Å². The van der Waals surface area contributed by atoms with E-state index < -0.39 is 0 Å². The van der Waals surface area contributed by atoms with Gasteiger partial charge in [0.1, 0.15) is 0 Å². The van der Waals surface area contributed by atoms with Crippen LogP contribution in [-0.2, 0) is 25.7 Å². The fourth-order valence-corrected chi connectivity index (χ4v) is 6.14. The molecule has 53 heavy (non-hydrogen) atoms. The average Bonchev–Trinajstić information content (AvgIpc) is 3.20. The fraction of sp³-hybridized carbons (Fsp3) is 0.245. The smallest absolute Gasteiger partial charge is 0.0184 e. The second-order valence-corrected chi connectivity index (χ2v) is 13.8. The molecule has 0 saturated heterocycles. The van der Waals surface area contributed by atoms with Gasteiger partial charge in [0.15, 0.2) is 0 Å². The first-order chi connectivity index (χ1) is 25.9. The molecule has 6 aromatic rings. The lowest BCUT2D eigenvalue weighted by atomic mass is 10.0. The minimum Gasteiger partial charge on any atom is -0.0917 e. The van der Waals surface area contributed by atoms with Crippen molar-refractivity contribution in [1.82, 2.24) is 0 Å². The van der Waals surface area contributed by atoms with Crippen molar-refractivity contribution >= 4 is 0 Å². The van der Waals surface area contributed by atoms with Crippen LogP contribution in [0.2, 0.25) is 0 Å². The van der Waals surface area contributed by atoms with Crippen LogP contribution in [0.1, 0.15) is 80.3 Å². The van der Waals surface area contributed by atoms with E-state index in [-0.39, 0.29) is 0 Å². The van der Waals surface area contributed by atoms with Crippen molar-refractivity contribution < 1.29 is 0 Å². The van der Waals surface area contributed by atoms with E-state index in [1.54, 1.807) is 0 Å². The molecule has 0 aliphatic heterocycles. The Bertz CT molecular complexity index is 1920. The van der Waals surface area contributed by atoms with Crippen LogP contribution in [0.25, 0.3) is 33.4 Å². The minimum atomic E-state index is 1.10. The summed E-state index contributed by atoms with van der Waals surface area (Å²) in [6.07, 6.45) is 16.6. The molecule has 0 radical (unpaired) electrons. The van der Waals surface area contributed by atoms with E-state index in [9.17, 15) is 0 Å². The SMILES string of the molecule is C/C=C/CCc1ccc(-c2ccc(C)cc2)cc1.C/C=C/CCc1ccc(-c2ccc(CC)cc2)cc1.CCCc1ccc(-c2ccc(C)cc2)cc1. The molecule has 0 unspecified atom stereocenters. The van der Waals surface area contributed by atoms with E-state index in [1.807, 2.05) is 0 Å². The predicted molar refractivity (Wildman–Crippen MR) is 235 cm³/mol. The van der Waals surface area contributed by atoms with Gasteiger partial charge in [-0.15, -0.1) is 0 Å². The molecule has 6 rings (SSSR count). The zero-order chi connectivity index (χ0) is 37.7. The third kappa shape index (κ3) is 14.0. The van der Waals surface area contributed by atoms with Gasteiger partial charge in [-0.3, -0.25) is 0 Å². The zero-order valence-electron chi connectivity index (χ0n) is 33.1. The molecule has 0 heterocycles. The second-order valence-electron chi connectivity index (χ2n) is 13.8. The first-order valence-electron chi connectivity index (χ1n) is 19.6. The topological polar surface area (TPSA) is 0 Å². The molecule has 0 fully saturated rings. The van der Waals surface area contributed by atoms with Gasteiger partial charge in [-0.05, 0) is 122 Å². The van der Waals surface area contributed by atoms with Crippen LogP contribution < -0.4 is 0 Å². The van der Waals surface area contributed by atoms with Gasteiger partial charge >= 0.3 is 0 Å². The van der Waals surface area contributed by atoms with Crippen LogP contribution in [0.4, 0.5) is 0 Å². The molecule has 0 bridgehead atoms.